The summed E-state index contributed by atoms with van der Waals surface area (Å²) in [5.74, 6) is 0. The van der Waals surface area contributed by atoms with E-state index in [0.29, 0.717) is 6.04 Å². The van der Waals surface area contributed by atoms with Gasteiger partial charge in [-0.3, -0.25) is 4.98 Å². The molecule has 0 saturated carbocycles. The van der Waals surface area contributed by atoms with E-state index in [9.17, 15) is 0 Å². The molecule has 3 nitrogen and oxygen atoms in total. The lowest BCUT2D eigenvalue weighted by Gasteiger charge is -2.22. The number of rotatable bonds is 2. The van der Waals surface area contributed by atoms with Crippen molar-refractivity contribution in [2.75, 3.05) is 6.54 Å². The lowest BCUT2D eigenvalue weighted by Crippen LogP contribution is -2.27. The van der Waals surface area contributed by atoms with E-state index in [1.807, 2.05) is 12.1 Å². The summed E-state index contributed by atoms with van der Waals surface area (Å²) < 4.78 is 0. The van der Waals surface area contributed by atoms with Gasteiger partial charge in [-0.25, -0.2) is 0 Å². The molecule has 0 aliphatic carbocycles. The summed E-state index contributed by atoms with van der Waals surface area (Å²) in [4.78, 5) is 4.35. The normalized spacial score (nSPS) is 22.2. The number of aromatic nitrogens is 1. The summed E-state index contributed by atoms with van der Waals surface area (Å²) in [5.41, 5.74) is 1.98. The highest BCUT2D eigenvalue weighted by atomic mass is 16.3. The van der Waals surface area contributed by atoms with Crippen LogP contribution in [0.4, 0.5) is 0 Å². The standard InChI is InChI=1S/C11H16N2O/c14-8-9-4-5-11(13-7-9)10-3-1-2-6-12-10/h4-5,7,10,12,14H,1-3,6,8H2/t10-/m1/s1. The maximum absolute atomic E-state index is 8.88. The maximum atomic E-state index is 8.88. The van der Waals surface area contributed by atoms with Crippen LogP contribution in [-0.4, -0.2) is 16.6 Å². The van der Waals surface area contributed by atoms with Gasteiger partial charge < -0.3 is 10.4 Å². The van der Waals surface area contributed by atoms with E-state index in [1.54, 1.807) is 6.20 Å². The van der Waals surface area contributed by atoms with Gasteiger partial charge in [0, 0.05) is 12.2 Å². The molecule has 1 aromatic rings. The third-order valence-electron chi connectivity index (χ3n) is 2.70. The fourth-order valence-corrected chi connectivity index (χ4v) is 1.84. The minimum absolute atomic E-state index is 0.0748. The van der Waals surface area contributed by atoms with Crippen molar-refractivity contribution in [2.24, 2.45) is 0 Å². The Kier molecular flexibility index (Phi) is 3.11. The van der Waals surface area contributed by atoms with Crippen LogP contribution >= 0.6 is 0 Å². The summed E-state index contributed by atoms with van der Waals surface area (Å²) in [7, 11) is 0. The molecule has 2 heterocycles. The average molecular weight is 192 g/mol. The number of hydrogen-bond acceptors (Lipinski definition) is 3. The van der Waals surface area contributed by atoms with Crippen LogP contribution in [0.15, 0.2) is 18.3 Å². The first-order valence-electron chi connectivity index (χ1n) is 5.19. The summed E-state index contributed by atoms with van der Waals surface area (Å²) in [6.45, 7) is 1.17. The Morgan fingerprint density at radius 2 is 2.36 bits per heavy atom. The lowest BCUT2D eigenvalue weighted by atomic mass is 10.0. The third kappa shape index (κ3) is 2.11. The second-order valence-electron chi connectivity index (χ2n) is 3.75. The van der Waals surface area contributed by atoms with Gasteiger partial charge in [0.25, 0.3) is 0 Å². The van der Waals surface area contributed by atoms with Gasteiger partial charge >= 0.3 is 0 Å². The SMILES string of the molecule is OCc1ccc([C@H]2CCCCN2)nc1. The number of aliphatic hydroxyl groups excluding tert-OH is 1. The van der Waals surface area contributed by atoms with E-state index in [2.05, 4.69) is 10.3 Å². The van der Waals surface area contributed by atoms with Crippen LogP contribution in [0.25, 0.3) is 0 Å². The average Bonchev–Trinajstić information content (AvgIpc) is 2.30. The fourth-order valence-electron chi connectivity index (χ4n) is 1.84. The molecule has 1 saturated heterocycles. The van der Waals surface area contributed by atoms with E-state index in [0.717, 1.165) is 17.8 Å². The van der Waals surface area contributed by atoms with Crippen LogP contribution in [0, 0.1) is 0 Å². The highest BCUT2D eigenvalue weighted by Gasteiger charge is 2.15. The topological polar surface area (TPSA) is 45.1 Å². The Hall–Kier alpha value is -0.930. The first-order valence-corrected chi connectivity index (χ1v) is 5.19. The van der Waals surface area contributed by atoms with Gasteiger partial charge in [-0.1, -0.05) is 12.5 Å². The number of aliphatic hydroxyl groups is 1. The molecular weight excluding hydrogens is 176 g/mol. The molecule has 0 aromatic carbocycles. The second-order valence-corrected chi connectivity index (χ2v) is 3.75. The van der Waals surface area contributed by atoms with Crippen molar-refractivity contribution in [2.45, 2.75) is 31.9 Å². The van der Waals surface area contributed by atoms with E-state index in [4.69, 9.17) is 5.11 Å². The van der Waals surface area contributed by atoms with Crippen molar-refractivity contribution >= 4 is 0 Å². The fraction of sp³-hybridized carbons (Fsp3) is 0.545. The van der Waals surface area contributed by atoms with E-state index < -0.39 is 0 Å². The number of piperidine rings is 1. The molecule has 2 rings (SSSR count). The van der Waals surface area contributed by atoms with E-state index in [1.165, 1.54) is 19.3 Å². The smallest absolute Gasteiger partial charge is 0.0696 e. The Bertz CT molecular complexity index is 278. The zero-order valence-electron chi connectivity index (χ0n) is 8.24. The minimum atomic E-state index is 0.0748. The predicted octanol–water partition coefficient (Wildman–Crippen LogP) is 1.39. The van der Waals surface area contributed by atoms with Crippen LogP contribution in [-0.2, 0) is 6.61 Å². The molecule has 0 radical (unpaired) electrons. The molecule has 1 atom stereocenters. The van der Waals surface area contributed by atoms with Crippen LogP contribution < -0.4 is 5.32 Å². The van der Waals surface area contributed by atoms with Gasteiger partial charge in [-0.05, 0) is 31.0 Å². The predicted molar refractivity (Wildman–Crippen MR) is 54.8 cm³/mol. The van der Waals surface area contributed by atoms with Crippen LogP contribution in [0.3, 0.4) is 0 Å². The van der Waals surface area contributed by atoms with Crippen molar-refractivity contribution in [3.63, 3.8) is 0 Å². The largest absolute Gasteiger partial charge is 0.392 e. The van der Waals surface area contributed by atoms with E-state index in [-0.39, 0.29) is 6.61 Å². The zero-order valence-corrected chi connectivity index (χ0v) is 8.24. The Morgan fingerprint density at radius 1 is 1.43 bits per heavy atom. The highest BCUT2D eigenvalue weighted by molar-refractivity contribution is 5.16. The monoisotopic (exact) mass is 192 g/mol. The molecule has 76 valence electrons. The Morgan fingerprint density at radius 3 is 2.93 bits per heavy atom. The number of pyridine rings is 1. The number of nitrogens with zero attached hydrogens (tertiary/aromatic N) is 1. The molecule has 0 amide bonds. The molecule has 1 aromatic heterocycles. The number of hydrogen-bond donors (Lipinski definition) is 2. The van der Waals surface area contributed by atoms with Crippen molar-refractivity contribution in [3.05, 3.63) is 29.6 Å². The minimum Gasteiger partial charge on any atom is -0.392 e. The highest BCUT2D eigenvalue weighted by Crippen LogP contribution is 2.20. The van der Waals surface area contributed by atoms with Gasteiger partial charge in [0.05, 0.1) is 12.3 Å². The molecule has 1 fully saturated rings. The van der Waals surface area contributed by atoms with Gasteiger partial charge in [0.15, 0.2) is 0 Å². The number of nitrogens with one attached hydrogen (secondary N) is 1. The van der Waals surface area contributed by atoms with Gasteiger partial charge in [0.2, 0.25) is 0 Å². The van der Waals surface area contributed by atoms with Crippen molar-refractivity contribution in [3.8, 4) is 0 Å². The molecule has 14 heavy (non-hydrogen) atoms. The van der Waals surface area contributed by atoms with Crippen molar-refractivity contribution < 1.29 is 5.11 Å². The van der Waals surface area contributed by atoms with Crippen LogP contribution in [0.5, 0.6) is 0 Å². The molecule has 0 unspecified atom stereocenters. The Balaban J connectivity index is 2.07. The summed E-state index contributed by atoms with van der Waals surface area (Å²) in [6, 6.07) is 4.36. The molecule has 2 N–H and O–H groups in total. The molecule has 0 spiro atoms. The Labute approximate surface area is 84.2 Å². The second kappa shape index (κ2) is 4.53. The summed E-state index contributed by atoms with van der Waals surface area (Å²) in [6.07, 6.45) is 5.48. The summed E-state index contributed by atoms with van der Waals surface area (Å²) in [5, 5.41) is 12.3. The van der Waals surface area contributed by atoms with E-state index >= 15 is 0 Å². The molecule has 1 aliphatic heterocycles. The third-order valence-corrected chi connectivity index (χ3v) is 2.70. The molecule has 1 aliphatic rings. The molecule has 3 heteroatoms. The van der Waals surface area contributed by atoms with Crippen molar-refractivity contribution in [1.82, 2.24) is 10.3 Å². The van der Waals surface area contributed by atoms with Gasteiger partial charge in [0.1, 0.15) is 0 Å². The van der Waals surface area contributed by atoms with Gasteiger partial charge in [-0.2, -0.15) is 0 Å². The van der Waals surface area contributed by atoms with Crippen molar-refractivity contribution in [1.29, 1.82) is 0 Å². The quantitative estimate of drug-likeness (QED) is 0.744. The summed E-state index contributed by atoms with van der Waals surface area (Å²) >= 11 is 0. The van der Waals surface area contributed by atoms with Gasteiger partial charge in [-0.15, -0.1) is 0 Å². The van der Waals surface area contributed by atoms with Crippen LogP contribution in [0.1, 0.15) is 36.6 Å². The lowest BCUT2D eigenvalue weighted by molar-refractivity contribution is 0.281. The molecular formula is C11H16N2O. The van der Waals surface area contributed by atoms with Crippen LogP contribution in [0.2, 0.25) is 0 Å². The zero-order chi connectivity index (χ0) is 9.80. The first-order chi connectivity index (χ1) is 6.90. The maximum Gasteiger partial charge on any atom is 0.0696 e. The first kappa shape index (κ1) is 9.62. The molecule has 0 bridgehead atoms.